The van der Waals surface area contributed by atoms with E-state index in [1.807, 2.05) is 30.3 Å². The van der Waals surface area contributed by atoms with Crippen molar-refractivity contribution in [1.82, 2.24) is 10.2 Å². The third kappa shape index (κ3) is 4.05. The molecule has 3 rings (SSSR count). The number of anilines is 1. The molecule has 2 saturated heterocycles. The number of hydrogen-bond donors (Lipinski definition) is 2. The molecule has 2 atom stereocenters. The fourth-order valence-electron chi connectivity index (χ4n) is 3.60. The van der Waals surface area contributed by atoms with Gasteiger partial charge in [0.2, 0.25) is 5.91 Å². The maximum absolute atomic E-state index is 12.1. The Bertz CT molecular complexity index is 456. The van der Waals surface area contributed by atoms with Crippen LogP contribution >= 0.6 is 0 Å². The van der Waals surface area contributed by atoms with Crippen LogP contribution in [0.15, 0.2) is 30.3 Å². The number of nitrogens with one attached hydrogen (secondary N) is 2. The van der Waals surface area contributed by atoms with Crippen molar-refractivity contribution in [3.63, 3.8) is 0 Å². The van der Waals surface area contributed by atoms with Gasteiger partial charge in [0.15, 0.2) is 0 Å². The Kier molecular flexibility index (Phi) is 4.88. The second-order valence-corrected chi connectivity index (χ2v) is 6.25. The summed E-state index contributed by atoms with van der Waals surface area (Å²) < 4.78 is 0. The standard InChI is InChI=1S/C17H25N3O/c21-17(19-15-7-2-1-3-8-15)13-20-11-5-6-14(12-20)16-9-4-10-18-16/h1-3,7-8,14,16,18H,4-6,9-13H2,(H,19,21). The summed E-state index contributed by atoms with van der Waals surface area (Å²) in [4.78, 5) is 14.5. The van der Waals surface area contributed by atoms with E-state index in [0.29, 0.717) is 18.5 Å². The number of rotatable bonds is 4. The zero-order valence-electron chi connectivity index (χ0n) is 12.6. The van der Waals surface area contributed by atoms with E-state index >= 15 is 0 Å². The zero-order chi connectivity index (χ0) is 14.5. The second-order valence-electron chi connectivity index (χ2n) is 6.25. The molecule has 2 N–H and O–H groups in total. The first-order valence-electron chi connectivity index (χ1n) is 8.12. The van der Waals surface area contributed by atoms with Gasteiger partial charge in [-0.15, -0.1) is 0 Å². The average Bonchev–Trinajstić information content (AvgIpc) is 3.02. The monoisotopic (exact) mass is 287 g/mol. The Morgan fingerprint density at radius 1 is 1.24 bits per heavy atom. The van der Waals surface area contributed by atoms with Crippen molar-refractivity contribution < 1.29 is 4.79 Å². The van der Waals surface area contributed by atoms with Crippen LogP contribution in [0.4, 0.5) is 5.69 Å². The minimum absolute atomic E-state index is 0.0984. The zero-order valence-corrected chi connectivity index (χ0v) is 12.6. The Labute approximate surface area is 126 Å². The highest BCUT2D eigenvalue weighted by Crippen LogP contribution is 2.24. The van der Waals surface area contributed by atoms with Gasteiger partial charge in [0.1, 0.15) is 0 Å². The molecule has 0 saturated carbocycles. The van der Waals surface area contributed by atoms with E-state index in [1.165, 1.54) is 25.7 Å². The van der Waals surface area contributed by atoms with Gasteiger partial charge >= 0.3 is 0 Å². The quantitative estimate of drug-likeness (QED) is 0.891. The van der Waals surface area contributed by atoms with Crippen molar-refractivity contribution >= 4 is 11.6 Å². The first-order chi connectivity index (χ1) is 10.3. The Balaban J connectivity index is 1.48. The first-order valence-corrected chi connectivity index (χ1v) is 8.12. The first kappa shape index (κ1) is 14.5. The maximum atomic E-state index is 12.1. The van der Waals surface area contributed by atoms with E-state index in [0.717, 1.165) is 25.3 Å². The number of piperidine rings is 1. The molecule has 4 nitrogen and oxygen atoms in total. The highest BCUT2D eigenvalue weighted by Gasteiger charge is 2.29. The van der Waals surface area contributed by atoms with Gasteiger partial charge < -0.3 is 10.6 Å². The lowest BCUT2D eigenvalue weighted by atomic mass is 9.90. The lowest BCUT2D eigenvalue weighted by molar-refractivity contribution is -0.117. The van der Waals surface area contributed by atoms with Crippen LogP contribution in [0.2, 0.25) is 0 Å². The molecular formula is C17H25N3O. The topological polar surface area (TPSA) is 44.4 Å². The molecule has 4 heteroatoms. The van der Waals surface area contributed by atoms with E-state index in [2.05, 4.69) is 15.5 Å². The van der Waals surface area contributed by atoms with Crippen molar-refractivity contribution in [2.45, 2.75) is 31.7 Å². The molecule has 2 unspecified atom stereocenters. The number of amides is 1. The van der Waals surface area contributed by atoms with Crippen molar-refractivity contribution in [3.05, 3.63) is 30.3 Å². The summed E-state index contributed by atoms with van der Waals surface area (Å²) in [6.07, 6.45) is 5.11. The number of para-hydroxylation sites is 1. The fraction of sp³-hybridized carbons (Fsp3) is 0.588. The molecule has 1 aromatic carbocycles. The van der Waals surface area contributed by atoms with Crippen LogP contribution in [0.1, 0.15) is 25.7 Å². The largest absolute Gasteiger partial charge is 0.325 e. The van der Waals surface area contributed by atoms with E-state index in [1.54, 1.807) is 0 Å². The van der Waals surface area contributed by atoms with Crippen LogP contribution in [0.3, 0.4) is 0 Å². The molecule has 2 heterocycles. The number of carbonyl (C=O) groups is 1. The third-order valence-corrected chi connectivity index (χ3v) is 4.63. The van der Waals surface area contributed by atoms with Gasteiger partial charge in [-0.2, -0.15) is 0 Å². The Hall–Kier alpha value is -1.39. The lowest BCUT2D eigenvalue weighted by Gasteiger charge is -2.35. The summed E-state index contributed by atoms with van der Waals surface area (Å²) in [6.45, 7) is 3.78. The fourth-order valence-corrected chi connectivity index (χ4v) is 3.60. The van der Waals surface area contributed by atoms with Crippen molar-refractivity contribution in [2.24, 2.45) is 5.92 Å². The number of benzene rings is 1. The molecule has 21 heavy (non-hydrogen) atoms. The molecule has 0 bridgehead atoms. The van der Waals surface area contributed by atoms with Gasteiger partial charge in [0.25, 0.3) is 0 Å². The maximum Gasteiger partial charge on any atom is 0.238 e. The third-order valence-electron chi connectivity index (χ3n) is 4.63. The van der Waals surface area contributed by atoms with E-state index in [9.17, 15) is 4.79 Å². The number of hydrogen-bond acceptors (Lipinski definition) is 3. The molecule has 1 amide bonds. The minimum atomic E-state index is 0.0984. The molecule has 0 aromatic heterocycles. The van der Waals surface area contributed by atoms with Crippen LogP contribution in [-0.4, -0.2) is 43.0 Å². The molecule has 0 aliphatic carbocycles. The van der Waals surface area contributed by atoms with Gasteiger partial charge in [0.05, 0.1) is 6.54 Å². The number of likely N-dealkylation sites (tertiary alicyclic amines) is 1. The molecule has 2 aliphatic rings. The predicted molar refractivity (Wildman–Crippen MR) is 85.3 cm³/mol. The Morgan fingerprint density at radius 3 is 2.86 bits per heavy atom. The van der Waals surface area contributed by atoms with E-state index in [4.69, 9.17) is 0 Å². The van der Waals surface area contributed by atoms with E-state index in [-0.39, 0.29) is 5.91 Å². The highest BCUT2D eigenvalue weighted by molar-refractivity contribution is 5.92. The SMILES string of the molecule is O=C(CN1CCCC(C2CCCN2)C1)Nc1ccccc1. The van der Waals surface area contributed by atoms with Gasteiger partial charge in [-0.3, -0.25) is 9.69 Å². The Morgan fingerprint density at radius 2 is 2.10 bits per heavy atom. The summed E-state index contributed by atoms with van der Waals surface area (Å²) in [5.74, 6) is 0.812. The van der Waals surface area contributed by atoms with Crippen molar-refractivity contribution in [3.8, 4) is 0 Å². The lowest BCUT2D eigenvalue weighted by Crippen LogP contribution is -2.45. The van der Waals surface area contributed by atoms with Crippen LogP contribution in [-0.2, 0) is 4.79 Å². The second kappa shape index (κ2) is 7.05. The smallest absolute Gasteiger partial charge is 0.238 e. The summed E-state index contributed by atoms with van der Waals surface area (Å²) >= 11 is 0. The normalized spacial score (nSPS) is 26.7. The van der Waals surface area contributed by atoms with Crippen molar-refractivity contribution in [1.29, 1.82) is 0 Å². The van der Waals surface area contributed by atoms with Gasteiger partial charge in [0, 0.05) is 18.3 Å². The summed E-state index contributed by atoms with van der Waals surface area (Å²) in [7, 11) is 0. The van der Waals surface area contributed by atoms with Crippen molar-refractivity contribution in [2.75, 3.05) is 31.5 Å². The van der Waals surface area contributed by atoms with Crippen LogP contribution in [0.5, 0.6) is 0 Å². The summed E-state index contributed by atoms with van der Waals surface area (Å²) in [5, 5.41) is 6.59. The van der Waals surface area contributed by atoms with Crippen LogP contribution in [0.25, 0.3) is 0 Å². The molecule has 0 radical (unpaired) electrons. The predicted octanol–water partition coefficient (Wildman–Crippen LogP) is 2.09. The molecule has 2 fully saturated rings. The number of carbonyl (C=O) groups excluding carboxylic acids is 1. The molecule has 2 aliphatic heterocycles. The molecule has 0 spiro atoms. The highest BCUT2D eigenvalue weighted by atomic mass is 16.2. The van der Waals surface area contributed by atoms with Crippen LogP contribution in [0, 0.1) is 5.92 Å². The molecule has 1 aromatic rings. The summed E-state index contributed by atoms with van der Waals surface area (Å²) in [6, 6.07) is 10.4. The number of nitrogens with zero attached hydrogens (tertiary/aromatic N) is 1. The minimum Gasteiger partial charge on any atom is -0.325 e. The van der Waals surface area contributed by atoms with E-state index < -0.39 is 0 Å². The summed E-state index contributed by atoms with van der Waals surface area (Å²) in [5.41, 5.74) is 0.883. The van der Waals surface area contributed by atoms with Gasteiger partial charge in [-0.1, -0.05) is 18.2 Å². The van der Waals surface area contributed by atoms with Gasteiger partial charge in [-0.25, -0.2) is 0 Å². The van der Waals surface area contributed by atoms with Gasteiger partial charge in [-0.05, 0) is 56.8 Å². The average molecular weight is 287 g/mol. The molecular weight excluding hydrogens is 262 g/mol. The molecule has 114 valence electrons. The van der Waals surface area contributed by atoms with Crippen LogP contribution < -0.4 is 10.6 Å².